The highest BCUT2D eigenvalue weighted by Crippen LogP contribution is 2.40. The summed E-state index contributed by atoms with van der Waals surface area (Å²) < 4.78 is 12.5. The van der Waals surface area contributed by atoms with Crippen LogP contribution in [0.25, 0.3) is 11.3 Å². The number of likely N-dealkylation sites (tertiary alicyclic amines) is 1. The van der Waals surface area contributed by atoms with Gasteiger partial charge in [-0.25, -0.2) is 5.10 Å². The maximum Gasteiger partial charge on any atom is 0.264 e. The first-order chi connectivity index (χ1) is 12.7. The molecule has 2 aromatic rings. The van der Waals surface area contributed by atoms with Gasteiger partial charge in [-0.05, 0) is 37.1 Å². The van der Waals surface area contributed by atoms with Gasteiger partial charge in [-0.1, -0.05) is 6.42 Å². The molecule has 26 heavy (non-hydrogen) atoms. The summed E-state index contributed by atoms with van der Waals surface area (Å²) in [5.74, 6) is 0.437. The van der Waals surface area contributed by atoms with Gasteiger partial charge in [-0.2, -0.15) is 5.10 Å². The Kier molecular flexibility index (Phi) is 3.83. The van der Waals surface area contributed by atoms with E-state index in [1.807, 2.05) is 18.2 Å². The molecule has 1 saturated carbocycles. The number of benzene rings is 1. The highest BCUT2D eigenvalue weighted by molar-refractivity contribution is 5.61. The summed E-state index contributed by atoms with van der Waals surface area (Å²) in [6, 6.07) is 10.0. The lowest BCUT2D eigenvalue weighted by Crippen LogP contribution is -2.54. The fraction of sp³-hybridized carbons (Fsp3) is 0.500. The zero-order chi connectivity index (χ0) is 17.6. The smallest absolute Gasteiger partial charge is 0.264 e. The summed E-state index contributed by atoms with van der Waals surface area (Å²) in [6.45, 7) is 2.66. The molecule has 0 radical (unpaired) electrons. The number of nitrogens with one attached hydrogen (secondary N) is 1. The number of fused-ring (bicyclic) bond motifs is 1. The Labute approximate surface area is 152 Å². The minimum Gasteiger partial charge on any atom is -0.462 e. The molecule has 2 fully saturated rings. The molecular weight excluding hydrogens is 330 g/mol. The number of nitrogens with zero attached hydrogens (tertiary/aromatic N) is 2. The van der Waals surface area contributed by atoms with Crippen LogP contribution in [0.5, 0.6) is 5.75 Å². The van der Waals surface area contributed by atoms with E-state index in [-0.39, 0.29) is 5.56 Å². The second-order valence-corrected chi connectivity index (χ2v) is 7.55. The van der Waals surface area contributed by atoms with Gasteiger partial charge in [0.15, 0.2) is 0 Å². The molecule has 0 atom stereocenters. The summed E-state index contributed by atoms with van der Waals surface area (Å²) >= 11 is 0. The van der Waals surface area contributed by atoms with Crippen molar-refractivity contribution in [3.05, 3.63) is 46.2 Å². The Morgan fingerprint density at radius 3 is 2.69 bits per heavy atom. The summed E-state index contributed by atoms with van der Waals surface area (Å²) in [5.41, 5.74) is 2.51. The predicted molar refractivity (Wildman–Crippen MR) is 96.9 cm³/mol. The third-order valence-electron chi connectivity index (χ3n) is 5.97. The summed E-state index contributed by atoms with van der Waals surface area (Å²) in [5, 5.41) is 6.57. The average molecular weight is 353 g/mol. The Balaban J connectivity index is 1.32. The van der Waals surface area contributed by atoms with Gasteiger partial charge in [0.1, 0.15) is 5.75 Å². The van der Waals surface area contributed by atoms with Crippen molar-refractivity contribution >= 4 is 0 Å². The molecule has 136 valence electrons. The third-order valence-corrected chi connectivity index (χ3v) is 5.97. The molecule has 1 spiro atoms. The van der Waals surface area contributed by atoms with E-state index in [0.29, 0.717) is 6.61 Å². The lowest BCUT2D eigenvalue weighted by Gasteiger charge is -2.47. The first-order valence-electron chi connectivity index (χ1n) is 9.47. The monoisotopic (exact) mass is 353 g/mol. The maximum absolute atomic E-state index is 11.2. The van der Waals surface area contributed by atoms with Crippen molar-refractivity contribution in [1.29, 1.82) is 0 Å². The fourth-order valence-corrected chi connectivity index (χ4v) is 4.12. The van der Waals surface area contributed by atoms with Crippen molar-refractivity contribution in [3.63, 3.8) is 0 Å². The van der Waals surface area contributed by atoms with Crippen LogP contribution in [0.1, 0.15) is 37.7 Å². The minimum atomic E-state index is -0.467. The van der Waals surface area contributed by atoms with E-state index >= 15 is 0 Å². The molecular formula is C20H23N3O3. The maximum atomic E-state index is 11.2. The van der Waals surface area contributed by atoms with E-state index < -0.39 is 5.79 Å². The second-order valence-electron chi connectivity index (χ2n) is 7.55. The SMILES string of the molecule is O=c1ccc(-c2ccc3c(c2)COC2(CCN(C4CCC4)CC2)O3)n[nH]1. The van der Waals surface area contributed by atoms with Crippen LogP contribution in [-0.2, 0) is 11.3 Å². The van der Waals surface area contributed by atoms with Crippen molar-refractivity contribution in [2.24, 2.45) is 0 Å². The number of aromatic amines is 1. The number of hydrogen-bond acceptors (Lipinski definition) is 5. The quantitative estimate of drug-likeness (QED) is 0.899. The van der Waals surface area contributed by atoms with Crippen LogP contribution in [0, 0.1) is 0 Å². The normalized spacial score (nSPS) is 22.5. The van der Waals surface area contributed by atoms with Crippen LogP contribution in [-0.4, -0.2) is 40.0 Å². The van der Waals surface area contributed by atoms with Crippen molar-refractivity contribution < 1.29 is 9.47 Å². The van der Waals surface area contributed by atoms with Crippen LogP contribution >= 0.6 is 0 Å². The number of ether oxygens (including phenoxy) is 2. The molecule has 3 aliphatic rings. The van der Waals surface area contributed by atoms with Gasteiger partial charge in [0.2, 0.25) is 5.79 Å². The first-order valence-corrected chi connectivity index (χ1v) is 9.47. The topological polar surface area (TPSA) is 67.4 Å². The van der Waals surface area contributed by atoms with E-state index in [1.165, 1.54) is 25.3 Å². The van der Waals surface area contributed by atoms with Crippen molar-refractivity contribution in [3.8, 4) is 17.0 Å². The van der Waals surface area contributed by atoms with Gasteiger partial charge in [-0.15, -0.1) is 0 Å². The van der Waals surface area contributed by atoms with Crippen molar-refractivity contribution in [2.45, 2.75) is 50.5 Å². The van der Waals surface area contributed by atoms with Gasteiger partial charge in [0.05, 0.1) is 12.3 Å². The predicted octanol–water partition coefficient (Wildman–Crippen LogP) is 2.69. The molecule has 1 aromatic heterocycles. The molecule has 3 heterocycles. The van der Waals surface area contributed by atoms with E-state index in [2.05, 4.69) is 15.1 Å². The zero-order valence-electron chi connectivity index (χ0n) is 14.7. The Morgan fingerprint density at radius 2 is 2.00 bits per heavy atom. The molecule has 0 bridgehead atoms. The molecule has 0 unspecified atom stereocenters. The Hall–Kier alpha value is -2.18. The Bertz CT molecular complexity index is 846. The van der Waals surface area contributed by atoms with Crippen LogP contribution in [0.15, 0.2) is 35.1 Å². The first kappa shape index (κ1) is 16.0. The minimum absolute atomic E-state index is 0.200. The van der Waals surface area contributed by atoms with Gasteiger partial charge in [0, 0.05) is 49.2 Å². The lowest BCUT2D eigenvalue weighted by atomic mass is 9.89. The fourth-order valence-electron chi connectivity index (χ4n) is 4.12. The highest BCUT2D eigenvalue weighted by Gasteiger charge is 2.42. The molecule has 6 heteroatoms. The van der Waals surface area contributed by atoms with Crippen LogP contribution in [0.2, 0.25) is 0 Å². The van der Waals surface area contributed by atoms with E-state index in [1.54, 1.807) is 6.07 Å². The Morgan fingerprint density at radius 1 is 1.15 bits per heavy atom. The molecule has 6 nitrogen and oxygen atoms in total. The lowest BCUT2D eigenvalue weighted by molar-refractivity contribution is -0.231. The summed E-state index contributed by atoms with van der Waals surface area (Å²) in [4.78, 5) is 13.8. The molecule has 5 rings (SSSR count). The van der Waals surface area contributed by atoms with Gasteiger partial charge >= 0.3 is 0 Å². The molecule has 1 aromatic carbocycles. The van der Waals surface area contributed by atoms with Gasteiger partial charge in [0.25, 0.3) is 5.56 Å². The summed E-state index contributed by atoms with van der Waals surface area (Å²) in [7, 11) is 0. The van der Waals surface area contributed by atoms with Gasteiger partial charge in [-0.3, -0.25) is 9.69 Å². The van der Waals surface area contributed by atoms with Crippen LogP contribution in [0.3, 0.4) is 0 Å². The average Bonchev–Trinajstić information content (AvgIpc) is 2.63. The van der Waals surface area contributed by atoms with Gasteiger partial charge < -0.3 is 9.47 Å². The van der Waals surface area contributed by atoms with E-state index in [9.17, 15) is 4.79 Å². The highest BCUT2D eigenvalue weighted by atomic mass is 16.7. The molecule has 0 amide bonds. The number of aromatic nitrogens is 2. The standard InChI is InChI=1S/C20H23N3O3/c24-19-7-5-17(21-22-19)14-4-6-18-15(12-14)13-25-20(26-18)8-10-23(11-9-20)16-2-1-3-16/h4-7,12,16H,1-3,8-11,13H2,(H,22,24). The van der Waals surface area contributed by atoms with Crippen LogP contribution < -0.4 is 10.3 Å². The zero-order valence-corrected chi connectivity index (χ0v) is 14.7. The third kappa shape index (κ3) is 2.83. The number of piperidine rings is 1. The number of hydrogen-bond donors (Lipinski definition) is 1. The van der Waals surface area contributed by atoms with E-state index in [0.717, 1.165) is 54.5 Å². The number of H-pyrrole nitrogens is 1. The van der Waals surface area contributed by atoms with E-state index in [4.69, 9.17) is 9.47 Å². The molecule has 1 aliphatic carbocycles. The van der Waals surface area contributed by atoms with Crippen molar-refractivity contribution in [1.82, 2.24) is 15.1 Å². The molecule has 1 saturated heterocycles. The number of rotatable bonds is 2. The van der Waals surface area contributed by atoms with Crippen LogP contribution in [0.4, 0.5) is 0 Å². The largest absolute Gasteiger partial charge is 0.462 e. The molecule has 2 aliphatic heterocycles. The second kappa shape index (κ2) is 6.21. The van der Waals surface area contributed by atoms with Crippen molar-refractivity contribution in [2.75, 3.05) is 13.1 Å². The molecule has 1 N–H and O–H groups in total. The summed E-state index contributed by atoms with van der Waals surface area (Å²) in [6.07, 6.45) is 5.91.